The Kier molecular flexibility index (Phi) is 4.53. The van der Waals surface area contributed by atoms with Gasteiger partial charge in [-0.15, -0.1) is 0 Å². The van der Waals surface area contributed by atoms with Gasteiger partial charge in [0.1, 0.15) is 16.7 Å². The second kappa shape index (κ2) is 6.03. The number of hydrogen-bond acceptors (Lipinski definition) is 5. The van der Waals surface area contributed by atoms with Crippen LogP contribution in [0.4, 0.5) is 5.69 Å². The van der Waals surface area contributed by atoms with Crippen LogP contribution in [0.1, 0.15) is 24.8 Å². The van der Waals surface area contributed by atoms with E-state index in [9.17, 15) is 18.5 Å². The maximum atomic E-state index is 11.7. The van der Waals surface area contributed by atoms with Crippen molar-refractivity contribution in [3.05, 3.63) is 40.0 Å². The van der Waals surface area contributed by atoms with Gasteiger partial charge >= 0.3 is 0 Å². The highest BCUT2D eigenvalue weighted by Crippen LogP contribution is 2.35. The summed E-state index contributed by atoms with van der Waals surface area (Å²) in [6, 6.07) is 2.20. The molecule has 0 spiro atoms. The molecule has 0 saturated heterocycles. The van der Waals surface area contributed by atoms with E-state index in [2.05, 4.69) is 0 Å². The van der Waals surface area contributed by atoms with Crippen LogP contribution in [-0.4, -0.2) is 19.4 Å². The minimum atomic E-state index is -4.14. The van der Waals surface area contributed by atoms with Gasteiger partial charge < -0.3 is 4.74 Å². The van der Waals surface area contributed by atoms with Crippen molar-refractivity contribution in [1.82, 2.24) is 0 Å². The van der Waals surface area contributed by atoms with Crippen molar-refractivity contribution in [2.75, 3.05) is 0 Å². The van der Waals surface area contributed by atoms with E-state index in [0.717, 1.165) is 25.3 Å². The second-order valence-corrected chi connectivity index (χ2v) is 7.33. The number of nitrogens with zero attached hydrogens (tertiary/aromatic N) is 1. The van der Waals surface area contributed by atoms with Crippen LogP contribution in [-0.2, 0) is 9.05 Å². The van der Waals surface area contributed by atoms with Crippen molar-refractivity contribution in [2.45, 2.75) is 37.2 Å². The van der Waals surface area contributed by atoms with Gasteiger partial charge in [0.05, 0.1) is 4.92 Å². The van der Waals surface area contributed by atoms with E-state index >= 15 is 0 Å². The van der Waals surface area contributed by atoms with Gasteiger partial charge in [0.15, 0.2) is 0 Å². The topological polar surface area (TPSA) is 86.5 Å². The van der Waals surface area contributed by atoms with Gasteiger partial charge in [-0.3, -0.25) is 10.1 Å². The quantitative estimate of drug-likeness (QED) is 0.365. The zero-order valence-corrected chi connectivity index (χ0v) is 12.9. The lowest BCUT2D eigenvalue weighted by Crippen LogP contribution is -2.17. The second-order valence-electron chi connectivity index (χ2n) is 4.80. The van der Waals surface area contributed by atoms with Crippen LogP contribution < -0.4 is 4.74 Å². The third kappa shape index (κ3) is 3.74. The van der Waals surface area contributed by atoms with Crippen molar-refractivity contribution in [1.29, 1.82) is 0 Å². The Hall–Kier alpha value is -1.60. The molecule has 0 heterocycles. The fourth-order valence-electron chi connectivity index (χ4n) is 2.19. The van der Waals surface area contributed by atoms with Gasteiger partial charge in [-0.2, -0.15) is 0 Å². The number of ether oxygens (including phenoxy) is 1. The van der Waals surface area contributed by atoms with E-state index in [4.69, 9.17) is 15.4 Å². The number of aryl methyl sites for hydroxylation is 1. The van der Waals surface area contributed by atoms with Gasteiger partial charge in [-0.05, 0) is 37.8 Å². The first-order valence-corrected chi connectivity index (χ1v) is 8.67. The fourth-order valence-corrected chi connectivity index (χ4v) is 3.23. The van der Waals surface area contributed by atoms with Gasteiger partial charge in [-0.25, -0.2) is 8.42 Å². The molecular weight excluding hydrogens is 318 g/mol. The van der Waals surface area contributed by atoms with E-state index in [-0.39, 0.29) is 22.4 Å². The standard InChI is InChI=1S/C13H14ClNO5S/c1-9-7-10(15(16)17)8-12(21(14,18)19)13(9)20-11-5-3-2-4-6-11/h3,5,7-8,11H,2,4,6H2,1H3. The first-order chi connectivity index (χ1) is 9.79. The number of rotatable bonds is 4. The van der Waals surface area contributed by atoms with E-state index in [1.54, 1.807) is 6.92 Å². The molecule has 0 bridgehead atoms. The van der Waals surface area contributed by atoms with E-state index in [1.807, 2.05) is 12.2 Å². The van der Waals surface area contributed by atoms with Gasteiger partial charge in [0.25, 0.3) is 14.7 Å². The van der Waals surface area contributed by atoms with Crippen molar-refractivity contribution >= 4 is 25.4 Å². The summed E-state index contributed by atoms with van der Waals surface area (Å²) in [6.45, 7) is 1.56. The molecule has 0 fully saturated rings. The number of allylic oxidation sites excluding steroid dienone is 1. The predicted octanol–water partition coefficient (Wildman–Crippen LogP) is 3.32. The van der Waals surface area contributed by atoms with Crippen LogP contribution in [0.15, 0.2) is 29.2 Å². The fraction of sp³-hybridized carbons (Fsp3) is 0.385. The first-order valence-electron chi connectivity index (χ1n) is 6.36. The predicted molar refractivity (Wildman–Crippen MR) is 78.3 cm³/mol. The summed E-state index contributed by atoms with van der Waals surface area (Å²) in [5, 5.41) is 10.8. The summed E-state index contributed by atoms with van der Waals surface area (Å²) >= 11 is 0. The molecule has 0 aromatic heterocycles. The Morgan fingerprint density at radius 3 is 2.67 bits per heavy atom. The summed E-state index contributed by atoms with van der Waals surface area (Å²) in [4.78, 5) is 9.82. The Bertz CT molecular complexity index is 699. The molecule has 1 aliphatic carbocycles. The molecule has 1 unspecified atom stereocenters. The third-order valence-corrected chi connectivity index (χ3v) is 4.51. The van der Waals surface area contributed by atoms with Gasteiger partial charge in [0, 0.05) is 22.8 Å². The highest BCUT2D eigenvalue weighted by molar-refractivity contribution is 8.13. The normalized spacial score (nSPS) is 18.5. The number of benzene rings is 1. The maximum Gasteiger partial charge on any atom is 0.271 e. The Balaban J connectivity index is 2.50. The third-order valence-electron chi connectivity index (χ3n) is 3.18. The van der Waals surface area contributed by atoms with E-state index < -0.39 is 14.0 Å². The SMILES string of the molecule is Cc1cc([N+](=O)[O-])cc(S(=O)(=O)Cl)c1OC1C=CCCC1. The maximum absolute atomic E-state index is 11.7. The molecular formula is C13H14ClNO5S. The monoisotopic (exact) mass is 331 g/mol. The molecule has 6 nitrogen and oxygen atoms in total. The molecule has 1 aromatic carbocycles. The Labute approximate surface area is 126 Å². The highest BCUT2D eigenvalue weighted by Gasteiger charge is 2.25. The zero-order chi connectivity index (χ0) is 15.6. The Morgan fingerprint density at radius 2 is 2.14 bits per heavy atom. The molecule has 0 N–H and O–H groups in total. The number of non-ortho nitro benzene ring substituents is 1. The van der Waals surface area contributed by atoms with Crippen LogP contribution in [0.25, 0.3) is 0 Å². The average molecular weight is 332 g/mol. The largest absolute Gasteiger partial charge is 0.485 e. The average Bonchev–Trinajstić information content (AvgIpc) is 2.40. The lowest BCUT2D eigenvalue weighted by molar-refractivity contribution is -0.385. The molecule has 0 aliphatic heterocycles. The van der Waals surface area contributed by atoms with Crippen molar-refractivity contribution in [3.63, 3.8) is 0 Å². The molecule has 8 heteroatoms. The minimum Gasteiger partial charge on any atom is -0.485 e. The summed E-state index contributed by atoms with van der Waals surface area (Å²) in [5.74, 6) is 0.0761. The number of nitro groups is 1. The minimum absolute atomic E-state index is 0.0761. The molecule has 0 amide bonds. The molecule has 0 saturated carbocycles. The molecule has 0 radical (unpaired) electrons. The smallest absolute Gasteiger partial charge is 0.271 e. The number of nitro benzene ring substituents is 1. The van der Waals surface area contributed by atoms with Gasteiger partial charge in [-0.1, -0.05) is 6.08 Å². The lowest BCUT2D eigenvalue weighted by atomic mass is 10.1. The molecule has 114 valence electrons. The number of halogens is 1. The molecule has 1 aliphatic rings. The van der Waals surface area contributed by atoms with Crippen LogP contribution >= 0.6 is 10.7 Å². The van der Waals surface area contributed by atoms with Crippen LogP contribution in [0.2, 0.25) is 0 Å². The van der Waals surface area contributed by atoms with Crippen LogP contribution in [0.5, 0.6) is 5.75 Å². The van der Waals surface area contributed by atoms with Crippen LogP contribution in [0.3, 0.4) is 0 Å². The van der Waals surface area contributed by atoms with Crippen LogP contribution in [0, 0.1) is 17.0 Å². The Morgan fingerprint density at radius 1 is 1.43 bits per heavy atom. The van der Waals surface area contributed by atoms with E-state index in [1.165, 1.54) is 6.07 Å². The molecule has 1 aromatic rings. The highest BCUT2D eigenvalue weighted by atomic mass is 35.7. The molecule has 21 heavy (non-hydrogen) atoms. The summed E-state index contributed by atoms with van der Waals surface area (Å²) < 4.78 is 29.0. The summed E-state index contributed by atoms with van der Waals surface area (Å²) in [5.41, 5.74) is 0.0284. The first kappa shape index (κ1) is 15.8. The summed E-state index contributed by atoms with van der Waals surface area (Å²) in [6.07, 6.45) is 6.22. The van der Waals surface area contributed by atoms with E-state index in [0.29, 0.717) is 5.56 Å². The van der Waals surface area contributed by atoms with Crippen molar-refractivity contribution < 1.29 is 18.1 Å². The summed E-state index contributed by atoms with van der Waals surface area (Å²) in [7, 11) is 1.24. The van der Waals surface area contributed by atoms with Crippen molar-refractivity contribution in [3.8, 4) is 5.75 Å². The van der Waals surface area contributed by atoms with Crippen molar-refractivity contribution in [2.24, 2.45) is 0 Å². The zero-order valence-electron chi connectivity index (χ0n) is 11.3. The molecule has 1 atom stereocenters. The molecule has 2 rings (SSSR count). The lowest BCUT2D eigenvalue weighted by Gasteiger charge is -2.21. The number of hydrogen-bond donors (Lipinski definition) is 0. The van der Waals surface area contributed by atoms with Gasteiger partial charge in [0.2, 0.25) is 0 Å².